The van der Waals surface area contributed by atoms with Crippen LogP contribution in [-0.2, 0) is 15.4 Å². The second-order valence-electron chi connectivity index (χ2n) is 7.34. The Kier molecular flexibility index (Phi) is 5.65. The molecule has 0 N–H and O–H groups in total. The number of methoxy groups -OCH3 is 1. The number of nitriles is 1. The number of amides is 1. The van der Waals surface area contributed by atoms with Crippen molar-refractivity contribution < 1.29 is 23.1 Å². The Balaban J connectivity index is 1.46. The monoisotopic (exact) mass is 430 g/mol. The van der Waals surface area contributed by atoms with Gasteiger partial charge in [0.25, 0.3) is 11.8 Å². The van der Waals surface area contributed by atoms with Crippen LogP contribution in [0, 0.1) is 23.1 Å². The number of nitrogens with zero attached hydrogens (tertiary/aromatic N) is 6. The van der Waals surface area contributed by atoms with Crippen LogP contribution < -0.4 is 9.64 Å². The van der Waals surface area contributed by atoms with Crippen molar-refractivity contribution in [3.8, 4) is 11.9 Å². The Hall–Kier alpha value is -3.39. The molecule has 162 valence electrons. The van der Waals surface area contributed by atoms with E-state index in [9.17, 15) is 9.18 Å². The lowest BCUT2D eigenvalue weighted by atomic mass is 9.94. The van der Waals surface area contributed by atoms with E-state index < -0.39 is 23.4 Å². The smallest absolute Gasteiger partial charge is 0.255 e. The van der Waals surface area contributed by atoms with E-state index in [0.29, 0.717) is 31.9 Å². The number of pyridine rings is 1. The van der Waals surface area contributed by atoms with Crippen molar-refractivity contribution in [2.24, 2.45) is 5.92 Å². The Bertz CT molecular complexity index is 1020. The van der Waals surface area contributed by atoms with E-state index in [1.807, 2.05) is 11.0 Å². The molecule has 2 aromatic heterocycles. The van der Waals surface area contributed by atoms with Gasteiger partial charge in [-0.05, 0) is 18.9 Å². The highest BCUT2D eigenvalue weighted by Crippen LogP contribution is 2.41. The fourth-order valence-corrected chi connectivity index (χ4v) is 3.82. The quantitative estimate of drug-likeness (QED) is 0.679. The molecule has 2 fully saturated rings. The van der Waals surface area contributed by atoms with E-state index in [4.69, 9.17) is 14.8 Å². The number of hydrogen-bond acceptors (Lipinski definition) is 8. The molecule has 4 rings (SSSR count). The number of aromatic nitrogens is 3. The van der Waals surface area contributed by atoms with Crippen LogP contribution >= 0.6 is 0 Å². The van der Waals surface area contributed by atoms with Crippen molar-refractivity contribution in [2.75, 3.05) is 31.7 Å². The van der Waals surface area contributed by atoms with E-state index in [1.54, 1.807) is 0 Å². The van der Waals surface area contributed by atoms with Gasteiger partial charge in [-0.25, -0.2) is 9.37 Å². The molecule has 2 aromatic rings. The number of carbonyl (C=O) groups is 1. The maximum absolute atomic E-state index is 15.8. The molecular formula is C20H20F2N6O3. The molecule has 9 nitrogen and oxygen atoms in total. The molecule has 11 heteroatoms. The zero-order valence-corrected chi connectivity index (χ0v) is 16.8. The van der Waals surface area contributed by atoms with Crippen molar-refractivity contribution in [1.82, 2.24) is 20.0 Å². The number of hydrogen-bond donors (Lipinski definition) is 0. The maximum Gasteiger partial charge on any atom is 0.255 e. The Morgan fingerprint density at radius 2 is 2.13 bits per heavy atom. The first-order valence-corrected chi connectivity index (χ1v) is 9.79. The van der Waals surface area contributed by atoms with E-state index in [1.165, 1.54) is 25.6 Å². The normalized spacial score (nSPS) is 21.7. The Labute approximate surface area is 177 Å². The van der Waals surface area contributed by atoms with Crippen molar-refractivity contribution in [1.29, 1.82) is 5.26 Å². The molecule has 0 radical (unpaired) electrons. The van der Waals surface area contributed by atoms with Crippen LogP contribution in [0.15, 0.2) is 24.7 Å². The van der Waals surface area contributed by atoms with Gasteiger partial charge in [0.15, 0.2) is 0 Å². The van der Waals surface area contributed by atoms with E-state index in [-0.39, 0.29) is 30.0 Å². The summed E-state index contributed by atoms with van der Waals surface area (Å²) in [5.41, 5.74) is 0.318. The van der Waals surface area contributed by atoms with Crippen LogP contribution in [0.5, 0.6) is 5.88 Å². The Morgan fingerprint density at radius 1 is 1.35 bits per heavy atom. The summed E-state index contributed by atoms with van der Waals surface area (Å²) in [5, 5.41) is 9.86. The van der Waals surface area contributed by atoms with E-state index in [2.05, 4.69) is 15.0 Å². The second-order valence-corrected chi connectivity index (χ2v) is 7.34. The number of halogens is 2. The summed E-state index contributed by atoms with van der Waals surface area (Å²) in [6, 6.07) is 3.30. The maximum atomic E-state index is 15.8. The summed E-state index contributed by atoms with van der Waals surface area (Å²) < 4.78 is 34.3. The number of piperidine rings is 1. The molecule has 2 aliphatic heterocycles. The van der Waals surface area contributed by atoms with Crippen molar-refractivity contribution >= 4 is 11.9 Å². The summed E-state index contributed by atoms with van der Waals surface area (Å²) in [7, 11) is 1.32. The molecule has 2 saturated heterocycles. The van der Waals surface area contributed by atoms with Crippen molar-refractivity contribution in [3.05, 3.63) is 41.6 Å². The van der Waals surface area contributed by atoms with Crippen LogP contribution in [-0.4, -0.2) is 52.7 Å². The third-order valence-electron chi connectivity index (χ3n) is 5.51. The first-order chi connectivity index (χ1) is 15.0. The van der Waals surface area contributed by atoms with Gasteiger partial charge in [-0.15, -0.1) is 0 Å². The highest BCUT2D eigenvalue weighted by Gasteiger charge is 2.49. The summed E-state index contributed by atoms with van der Waals surface area (Å²) in [6.45, 7) is 0.911. The van der Waals surface area contributed by atoms with E-state index >= 15 is 4.39 Å². The first kappa shape index (κ1) is 20.9. The topological polar surface area (TPSA) is 104 Å². The fraction of sp³-hybridized carbons (Fsp3) is 0.450. The molecule has 1 amide bonds. The SMILES string of the molecule is COc1nc(N2CCC(C(=O)N3OCC[C@@]3(F)c3cncc(C#N)c3)CC2)ncc1F. The molecule has 0 saturated carbocycles. The van der Waals surface area contributed by atoms with Gasteiger partial charge in [0, 0.05) is 43.4 Å². The minimum atomic E-state index is -2.18. The van der Waals surface area contributed by atoms with E-state index in [0.717, 1.165) is 11.3 Å². The van der Waals surface area contributed by atoms with Gasteiger partial charge >= 0.3 is 0 Å². The second kappa shape index (κ2) is 8.39. The average Bonchev–Trinajstić information content (AvgIpc) is 3.22. The van der Waals surface area contributed by atoms with Gasteiger partial charge in [0.05, 0.1) is 25.5 Å². The zero-order chi connectivity index (χ0) is 22.0. The molecule has 0 bridgehead atoms. The molecule has 0 unspecified atom stereocenters. The van der Waals surface area contributed by atoms with Crippen molar-refractivity contribution in [3.63, 3.8) is 0 Å². The molecule has 4 heterocycles. The minimum absolute atomic E-state index is 0.0427. The van der Waals surface area contributed by atoms with Crippen molar-refractivity contribution in [2.45, 2.75) is 25.1 Å². The van der Waals surface area contributed by atoms with Crippen LogP contribution in [0.1, 0.15) is 30.4 Å². The number of carbonyl (C=O) groups excluding carboxylic acids is 1. The molecule has 0 aromatic carbocycles. The lowest BCUT2D eigenvalue weighted by molar-refractivity contribution is -0.218. The molecule has 0 aliphatic carbocycles. The van der Waals surface area contributed by atoms with Gasteiger partial charge in [-0.3, -0.25) is 14.6 Å². The van der Waals surface area contributed by atoms with Gasteiger partial charge in [0.2, 0.25) is 17.6 Å². The highest BCUT2D eigenvalue weighted by atomic mass is 19.1. The number of anilines is 1. The lowest BCUT2D eigenvalue weighted by Gasteiger charge is -2.35. The van der Waals surface area contributed by atoms with Crippen LogP contribution in [0.4, 0.5) is 14.7 Å². The van der Waals surface area contributed by atoms with Gasteiger partial charge in [0.1, 0.15) is 6.07 Å². The standard InChI is InChI=1S/C20H20F2N6O3/c1-30-17-16(21)12-25-19(26-17)27-5-2-14(3-6-27)18(29)28-20(22,4-7-31-28)15-8-13(9-23)10-24-11-15/h8,10-12,14H,2-7H2,1H3/t20-/m0/s1. The summed E-state index contributed by atoms with van der Waals surface area (Å²) in [4.78, 5) is 32.2. The van der Waals surface area contributed by atoms with Crippen LogP contribution in [0.3, 0.4) is 0 Å². The van der Waals surface area contributed by atoms with Gasteiger partial charge in [-0.1, -0.05) is 0 Å². The largest absolute Gasteiger partial charge is 0.479 e. The molecular weight excluding hydrogens is 410 g/mol. The lowest BCUT2D eigenvalue weighted by Crippen LogP contribution is -2.47. The minimum Gasteiger partial charge on any atom is -0.479 e. The third kappa shape index (κ3) is 3.86. The number of ether oxygens (including phenoxy) is 1. The van der Waals surface area contributed by atoms with Gasteiger partial charge < -0.3 is 9.64 Å². The number of alkyl halides is 1. The predicted molar refractivity (Wildman–Crippen MR) is 103 cm³/mol. The fourth-order valence-electron chi connectivity index (χ4n) is 3.82. The summed E-state index contributed by atoms with van der Waals surface area (Å²) in [6.07, 6.45) is 4.48. The number of rotatable bonds is 4. The predicted octanol–water partition coefficient (Wildman–Crippen LogP) is 2.09. The molecule has 1 atom stereocenters. The summed E-state index contributed by atoms with van der Waals surface area (Å²) in [5.74, 6) is -3.60. The zero-order valence-electron chi connectivity index (χ0n) is 16.8. The molecule has 31 heavy (non-hydrogen) atoms. The third-order valence-corrected chi connectivity index (χ3v) is 5.51. The average molecular weight is 430 g/mol. The van der Waals surface area contributed by atoms with Crippen LogP contribution in [0.2, 0.25) is 0 Å². The number of hydroxylamine groups is 2. The molecule has 2 aliphatic rings. The Morgan fingerprint density at radius 3 is 2.84 bits per heavy atom. The summed E-state index contributed by atoms with van der Waals surface area (Å²) >= 11 is 0. The van der Waals surface area contributed by atoms with Gasteiger partial charge in [-0.2, -0.15) is 19.7 Å². The molecule has 0 spiro atoms. The first-order valence-electron chi connectivity index (χ1n) is 9.79. The highest BCUT2D eigenvalue weighted by molar-refractivity contribution is 5.79. The van der Waals surface area contributed by atoms with Crippen LogP contribution in [0.25, 0.3) is 0 Å².